The molecule has 10 heteroatoms. The SMILES string of the molecule is C=CCn1c(=Cc2cccc[n+]2CC=C)sc(=C2Sc3ccc4ccccc4c3N2C)c1=O.Cc1ccc(S(=O)(=O)[O-])cc1. The van der Waals surface area contributed by atoms with Crippen molar-refractivity contribution in [2.75, 3.05) is 11.9 Å². The largest absolute Gasteiger partial charge is 0.744 e. The highest BCUT2D eigenvalue weighted by Crippen LogP contribution is 2.48. The number of thioether (sulfide) groups is 1. The predicted molar refractivity (Wildman–Crippen MR) is 179 cm³/mol. The number of rotatable bonds is 6. The quantitative estimate of drug-likeness (QED) is 0.151. The molecular formula is C34H31N3O4S3. The van der Waals surface area contributed by atoms with Crippen LogP contribution in [0.4, 0.5) is 5.69 Å². The van der Waals surface area contributed by atoms with Crippen molar-refractivity contribution < 1.29 is 17.5 Å². The second kappa shape index (κ2) is 13.2. The highest BCUT2D eigenvalue weighted by molar-refractivity contribution is 8.08. The van der Waals surface area contributed by atoms with Gasteiger partial charge in [-0.15, -0.1) is 17.9 Å². The maximum Gasteiger partial charge on any atom is 0.272 e. The molecule has 1 aliphatic rings. The molecule has 0 spiro atoms. The second-order valence-electron chi connectivity index (χ2n) is 10.1. The third kappa shape index (κ3) is 6.48. The number of benzene rings is 3. The molecular weight excluding hydrogens is 611 g/mol. The zero-order valence-electron chi connectivity index (χ0n) is 24.3. The molecule has 44 heavy (non-hydrogen) atoms. The molecule has 6 rings (SSSR count). The number of hydrogen-bond acceptors (Lipinski definition) is 7. The summed E-state index contributed by atoms with van der Waals surface area (Å²) < 4.78 is 36.7. The number of aromatic nitrogens is 2. The van der Waals surface area contributed by atoms with Crippen molar-refractivity contribution in [2.24, 2.45) is 0 Å². The van der Waals surface area contributed by atoms with Crippen molar-refractivity contribution >= 4 is 60.8 Å². The molecule has 0 N–H and O–H groups in total. The Morgan fingerprint density at radius 2 is 1.68 bits per heavy atom. The minimum absolute atomic E-state index is 0.0174. The molecule has 0 radical (unpaired) electrons. The molecule has 0 amide bonds. The van der Waals surface area contributed by atoms with Crippen LogP contribution in [0, 0.1) is 6.92 Å². The second-order valence-corrected chi connectivity index (χ2v) is 13.5. The monoisotopic (exact) mass is 641 g/mol. The van der Waals surface area contributed by atoms with Gasteiger partial charge in [-0.2, -0.15) is 4.57 Å². The van der Waals surface area contributed by atoms with Crippen molar-refractivity contribution in [2.45, 2.75) is 29.8 Å². The predicted octanol–water partition coefficient (Wildman–Crippen LogP) is 4.76. The zero-order chi connectivity index (χ0) is 31.4. The first-order valence-corrected chi connectivity index (χ1v) is 16.8. The number of aryl methyl sites for hydroxylation is 1. The topological polar surface area (TPSA) is 86.3 Å². The summed E-state index contributed by atoms with van der Waals surface area (Å²) in [5.74, 6) is 0. The Hall–Kier alpha value is -4.22. The Morgan fingerprint density at radius 3 is 2.39 bits per heavy atom. The molecule has 0 saturated heterocycles. The summed E-state index contributed by atoms with van der Waals surface area (Å²) >= 11 is 3.20. The summed E-state index contributed by atoms with van der Waals surface area (Å²) in [6.45, 7) is 10.7. The smallest absolute Gasteiger partial charge is 0.272 e. The summed E-state index contributed by atoms with van der Waals surface area (Å²) in [6, 6.07) is 24.5. The maximum absolute atomic E-state index is 13.5. The van der Waals surface area contributed by atoms with Crippen LogP contribution in [0.5, 0.6) is 0 Å². The lowest BCUT2D eigenvalue weighted by Gasteiger charge is -2.15. The van der Waals surface area contributed by atoms with E-state index in [1.807, 2.05) is 31.3 Å². The molecule has 0 fully saturated rings. The van der Waals surface area contributed by atoms with E-state index in [-0.39, 0.29) is 10.5 Å². The fourth-order valence-corrected chi connectivity index (χ4v) is 7.76. The third-order valence-corrected chi connectivity index (χ3v) is 10.3. The van der Waals surface area contributed by atoms with Crippen molar-refractivity contribution in [3.8, 4) is 0 Å². The van der Waals surface area contributed by atoms with E-state index in [9.17, 15) is 17.8 Å². The van der Waals surface area contributed by atoms with E-state index in [4.69, 9.17) is 0 Å². The Bertz CT molecular complexity index is 2170. The van der Waals surface area contributed by atoms with Gasteiger partial charge in [-0.3, -0.25) is 9.36 Å². The van der Waals surface area contributed by atoms with Gasteiger partial charge in [-0.25, -0.2) is 8.42 Å². The highest BCUT2D eigenvalue weighted by atomic mass is 32.2. The summed E-state index contributed by atoms with van der Waals surface area (Å²) in [4.78, 5) is 16.7. The Labute approximate surface area is 264 Å². The van der Waals surface area contributed by atoms with E-state index in [0.717, 1.165) is 31.2 Å². The lowest BCUT2D eigenvalue weighted by atomic mass is 10.1. The van der Waals surface area contributed by atoms with E-state index in [0.29, 0.717) is 13.1 Å². The lowest BCUT2D eigenvalue weighted by molar-refractivity contribution is -0.688. The first kappa shape index (κ1) is 31.2. The molecule has 1 aliphatic heterocycles. The van der Waals surface area contributed by atoms with Crippen LogP contribution in [0.25, 0.3) is 21.9 Å². The third-order valence-electron chi connectivity index (χ3n) is 7.01. The van der Waals surface area contributed by atoms with Crippen LogP contribution >= 0.6 is 23.1 Å². The molecule has 0 aliphatic carbocycles. The van der Waals surface area contributed by atoms with E-state index >= 15 is 0 Å². The number of anilines is 1. The van der Waals surface area contributed by atoms with Crippen molar-refractivity contribution in [1.82, 2.24) is 4.57 Å². The van der Waals surface area contributed by atoms with Crippen molar-refractivity contribution in [3.63, 3.8) is 0 Å². The van der Waals surface area contributed by atoms with Gasteiger partial charge in [0, 0.05) is 42.1 Å². The highest BCUT2D eigenvalue weighted by Gasteiger charge is 2.26. The number of nitrogens with zero attached hydrogens (tertiary/aromatic N) is 3. The first-order chi connectivity index (χ1) is 21.1. The summed E-state index contributed by atoms with van der Waals surface area (Å²) in [7, 11) is -2.22. The van der Waals surface area contributed by atoms with Gasteiger partial charge in [0.05, 0.1) is 10.6 Å². The van der Waals surface area contributed by atoms with Crippen molar-refractivity contribution in [1.29, 1.82) is 0 Å². The van der Waals surface area contributed by atoms with Crippen LogP contribution in [0.15, 0.2) is 125 Å². The standard InChI is InChI=1S/C27H24N3OS2.C7H8O3S/c1-4-15-29-17-9-8-11-20(29)18-23-30(16-5-2)26(31)25(33-23)27-28(3)24-21-12-7-6-10-19(21)13-14-22(24)32-27;1-6-2-4-7(5-3-6)11(8,9)10/h4-14,17-18H,1-2,15-16H2,3H3;2-5H,1H3,(H,8,9,10)/q+1;/p-1. The maximum atomic E-state index is 13.5. The molecule has 3 heterocycles. The van der Waals surface area contributed by atoms with Gasteiger partial charge in [0.15, 0.2) is 12.7 Å². The van der Waals surface area contributed by atoms with E-state index in [1.165, 1.54) is 39.1 Å². The Morgan fingerprint density at radius 1 is 0.955 bits per heavy atom. The van der Waals surface area contributed by atoms with Crippen molar-refractivity contribution in [3.05, 3.63) is 141 Å². The minimum atomic E-state index is -4.27. The van der Waals surface area contributed by atoms with Crippen LogP contribution in [0.3, 0.4) is 0 Å². The molecule has 0 atom stereocenters. The van der Waals surface area contributed by atoms with Gasteiger partial charge >= 0.3 is 0 Å². The number of allylic oxidation sites excluding steroid dienone is 2. The molecule has 5 aromatic rings. The number of pyridine rings is 1. The Kier molecular flexibility index (Phi) is 9.36. The molecule has 0 unspecified atom stereocenters. The van der Waals surface area contributed by atoms with Gasteiger partial charge in [0.2, 0.25) is 5.69 Å². The van der Waals surface area contributed by atoms with Crippen LogP contribution in [-0.4, -0.2) is 24.6 Å². The summed E-state index contributed by atoms with van der Waals surface area (Å²) in [5, 5.41) is 3.37. The van der Waals surface area contributed by atoms with Crippen LogP contribution < -0.4 is 24.2 Å². The average Bonchev–Trinajstić information content (AvgIpc) is 3.50. The number of hydrogen-bond donors (Lipinski definition) is 0. The van der Waals surface area contributed by atoms with E-state index in [2.05, 4.69) is 78.2 Å². The van der Waals surface area contributed by atoms with Crippen LogP contribution in [-0.2, 0) is 23.2 Å². The molecule has 2 aromatic heterocycles. The average molecular weight is 642 g/mol. The zero-order valence-corrected chi connectivity index (χ0v) is 26.8. The number of thiazole rings is 1. The van der Waals surface area contributed by atoms with E-state index < -0.39 is 10.1 Å². The summed E-state index contributed by atoms with van der Waals surface area (Å²) in [5.41, 5.74) is 3.13. The fraction of sp³-hybridized carbons (Fsp3) is 0.118. The first-order valence-electron chi connectivity index (χ1n) is 13.7. The van der Waals surface area contributed by atoms with Gasteiger partial charge < -0.3 is 9.45 Å². The normalized spacial score (nSPS) is 14.2. The van der Waals surface area contributed by atoms with Crippen LogP contribution in [0.2, 0.25) is 0 Å². The molecule has 7 nitrogen and oxygen atoms in total. The molecule has 0 bridgehead atoms. The fourth-order valence-electron chi connectivity index (χ4n) is 4.86. The van der Waals surface area contributed by atoms with Gasteiger partial charge in [0.25, 0.3) is 5.56 Å². The summed E-state index contributed by atoms with van der Waals surface area (Å²) in [6.07, 6.45) is 7.74. The van der Waals surface area contributed by atoms with Gasteiger partial charge in [-0.1, -0.05) is 72.4 Å². The van der Waals surface area contributed by atoms with Gasteiger partial charge in [0.1, 0.15) is 24.3 Å². The number of fused-ring (bicyclic) bond motifs is 3. The molecule has 0 saturated carbocycles. The lowest BCUT2D eigenvalue weighted by Crippen LogP contribution is -2.37. The molecule has 224 valence electrons. The van der Waals surface area contributed by atoms with E-state index in [1.54, 1.807) is 34.5 Å². The Balaban J connectivity index is 0.000000296. The van der Waals surface area contributed by atoms with Crippen LogP contribution in [0.1, 0.15) is 11.3 Å². The van der Waals surface area contributed by atoms with Gasteiger partial charge in [-0.05, 0) is 42.7 Å². The minimum Gasteiger partial charge on any atom is -0.744 e. The molecule has 3 aromatic carbocycles.